The van der Waals surface area contributed by atoms with E-state index in [0.29, 0.717) is 0 Å². The van der Waals surface area contributed by atoms with Gasteiger partial charge in [-0.3, -0.25) is 4.18 Å². The molecule has 13 heteroatoms. The first kappa shape index (κ1) is 17.4. The second kappa shape index (κ2) is 5.31. The van der Waals surface area contributed by atoms with Crippen LogP contribution < -0.4 is 4.72 Å². The van der Waals surface area contributed by atoms with E-state index in [1.807, 2.05) is 4.72 Å². The van der Waals surface area contributed by atoms with Crippen molar-refractivity contribution >= 4 is 20.7 Å². The van der Waals surface area contributed by atoms with Crippen molar-refractivity contribution in [2.24, 2.45) is 0 Å². The lowest BCUT2D eigenvalue weighted by atomic mass is 9.98. The van der Waals surface area contributed by atoms with Gasteiger partial charge in [0.05, 0.1) is 6.61 Å². The van der Waals surface area contributed by atoms with Gasteiger partial charge in [-0.2, -0.15) is 21.6 Å². The van der Waals surface area contributed by atoms with Crippen molar-refractivity contribution in [3.63, 3.8) is 0 Å². The maximum Gasteiger partial charge on any atom is 0.400 e. The Balaban J connectivity index is 1.88. The SMILES string of the molecule is CNS(=O)(=O)OC[C@@]12OC[C@H]3OS(=O)(=O)O[C@H]3[C@@H]1OC(C)(C)O2. The van der Waals surface area contributed by atoms with Crippen molar-refractivity contribution in [3.05, 3.63) is 0 Å². The average molecular weight is 375 g/mol. The van der Waals surface area contributed by atoms with Crippen LogP contribution in [-0.4, -0.2) is 67.0 Å². The Morgan fingerprint density at radius 3 is 2.65 bits per heavy atom. The molecule has 11 nitrogen and oxygen atoms in total. The average Bonchev–Trinajstić information content (AvgIpc) is 2.88. The summed E-state index contributed by atoms with van der Waals surface area (Å²) in [4.78, 5) is 0. The fourth-order valence-corrected chi connectivity index (χ4v) is 4.16. The van der Waals surface area contributed by atoms with E-state index in [-0.39, 0.29) is 6.61 Å². The normalized spacial score (nSPS) is 41.4. The number of nitrogens with one attached hydrogen (secondary N) is 1. The van der Waals surface area contributed by atoms with Crippen LogP contribution >= 0.6 is 0 Å². The van der Waals surface area contributed by atoms with Gasteiger partial charge < -0.3 is 14.2 Å². The van der Waals surface area contributed by atoms with Gasteiger partial charge in [0, 0.05) is 7.05 Å². The molecule has 3 saturated heterocycles. The van der Waals surface area contributed by atoms with Crippen molar-refractivity contribution in [3.8, 4) is 0 Å². The highest BCUT2D eigenvalue weighted by atomic mass is 32.3. The number of ether oxygens (including phenoxy) is 3. The number of hydrogen-bond donors (Lipinski definition) is 1. The van der Waals surface area contributed by atoms with Crippen LogP contribution in [0.15, 0.2) is 0 Å². The van der Waals surface area contributed by atoms with Crippen LogP contribution in [0.2, 0.25) is 0 Å². The molecule has 0 aromatic rings. The van der Waals surface area contributed by atoms with E-state index in [0.717, 1.165) is 0 Å². The fourth-order valence-electron chi connectivity index (χ4n) is 2.71. The van der Waals surface area contributed by atoms with Gasteiger partial charge in [0.1, 0.15) is 24.9 Å². The molecular weight excluding hydrogens is 358 g/mol. The van der Waals surface area contributed by atoms with Gasteiger partial charge in [-0.05, 0) is 13.8 Å². The first-order valence-corrected chi connectivity index (χ1v) is 9.43. The summed E-state index contributed by atoms with van der Waals surface area (Å²) in [6.07, 6.45) is -2.99. The second-order valence-electron chi connectivity index (χ2n) is 5.69. The van der Waals surface area contributed by atoms with Crippen molar-refractivity contribution in [1.29, 1.82) is 0 Å². The molecule has 0 radical (unpaired) electrons. The molecule has 3 heterocycles. The molecule has 3 fully saturated rings. The van der Waals surface area contributed by atoms with Crippen molar-refractivity contribution in [2.45, 2.75) is 43.7 Å². The zero-order valence-electron chi connectivity index (χ0n) is 12.5. The molecule has 0 aromatic carbocycles. The van der Waals surface area contributed by atoms with E-state index >= 15 is 0 Å². The molecule has 0 saturated carbocycles. The van der Waals surface area contributed by atoms with E-state index in [1.54, 1.807) is 13.8 Å². The summed E-state index contributed by atoms with van der Waals surface area (Å²) in [6, 6.07) is 0. The fraction of sp³-hybridized carbons (Fsp3) is 1.00. The molecule has 23 heavy (non-hydrogen) atoms. The molecular formula is C10H17NO10S2. The lowest BCUT2D eigenvalue weighted by Crippen LogP contribution is -2.60. The minimum atomic E-state index is -4.17. The molecule has 1 N–H and O–H groups in total. The predicted octanol–water partition coefficient (Wildman–Crippen LogP) is -1.63. The van der Waals surface area contributed by atoms with Crippen LogP contribution in [0, 0.1) is 0 Å². The molecule has 3 aliphatic rings. The predicted molar refractivity (Wildman–Crippen MR) is 71.3 cm³/mol. The number of hydrogen-bond acceptors (Lipinski definition) is 10. The molecule has 0 unspecified atom stereocenters. The smallest absolute Gasteiger partial charge is 0.343 e. The maximum absolute atomic E-state index is 11.5. The Bertz CT molecular complexity index is 688. The number of fused-ring (bicyclic) bond motifs is 3. The van der Waals surface area contributed by atoms with Gasteiger partial charge in [0.2, 0.25) is 5.79 Å². The first-order valence-electron chi connectivity index (χ1n) is 6.69. The Kier molecular flexibility index (Phi) is 4.02. The van der Waals surface area contributed by atoms with Crippen LogP contribution in [0.4, 0.5) is 0 Å². The van der Waals surface area contributed by atoms with E-state index < -0.39 is 57.2 Å². The third kappa shape index (κ3) is 3.25. The van der Waals surface area contributed by atoms with E-state index in [2.05, 4.69) is 0 Å². The van der Waals surface area contributed by atoms with E-state index in [4.69, 9.17) is 26.8 Å². The molecule has 4 atom stereocenters. The van der Waals surface area contributed by atoms with Crippen LogP contribution in [0.5, 0.6) is 0 Å². The van der Waals surface area contributed by atoms with Crippen molar-refractivity contribution < 1.29 is 43.6 Å². The third-order valence-corrected chi connectivity index (χ3v) is 5.42. The quantitative estimate of drug-likeness (QED) is 0.610. The summed E-state index contributed by atoms with van der Waals surface area (Å²) in [5.74, 6) is -2.81. The van der Waals surface area contributed by atoms with Crippen molar-refractivity contribution in [2.75, 3.05) is 20.3 Å². The largest absolute Gasteiger partial charge is 0.400 e. The van der Waals surface area contributed by atoms with E-state index in [1.165, 1.54) is 7.05 Å². The standard InChI is InChI=1S/C10H17NO10S2/c1-9(2)18-8-7-6(19-23(14,15)20-7)4-16-10(8,21-9)5-17-22(12,13)11-3/h6-8,11H,4-5H2,1-3H3/t6-,7-,8+,10+/m1/s1. The monoisotopic (exact) mass is 375 g/mol. The minimum Gasteiger partial charge on any atom is -0.343 e. The first-order chi connectivity index (χ1) is 10.5. The zero-order chi connectivity index (χ0) is 17.1. The van der Waals surface area contributed by atoms with E-state index in [9.17, 15) is 16.8 Å². The molecule has 0 bridgehead atoms. The van der Waals surface area contributed by atoms with Gasteiger partial charge in [0.15, 0.2) is 5.79 Å². The summed E-state index contributed by atoms with van der Waals surface area (Å²) in [5.41, 5.74) is 0. The second-order valence-corrected chi connectivity index (χ2v) is 8.44. The van der Waals surface area contributed by atoms with Crippen LogP contribution in [0.25, 0.3) is 0 Å². The molecule has 134 valence electrons. The lowest BCUT2D eigenvalue weighted by Gasteiger charge is -2.39. The van der Waals surface area contributed by atoms with Gasteiger partial charge in [-0.25, -0.2) is 8.37 Å². The third-order valence-electron chi connectivity index (χ3n) is 3.56. The van der Waals surface area contributed by atoms with Gasteiger partial charge in [0.25, 0.3) is 0 Å². The van der Waals surface area contributed by atoms with Gasteiger partial charge >= 0.3 is 20.7 Å². The molecule has 3 aliphatic heterocycles. The number of rotatable bonds is 4. The molecule has 3 rings (SSSR count). The minimum absolute atomic E-state index is 0.192. The Hall–Kier alpha value is -0.380. The highest BCUT2D eigenvalue weighted by Crippen LogP contribution is 2.46. The van der Waals surface area contributed by atoms with Crippen LogP contribution in [-0.2, 0) is 47.5 Å². The van der Waals surface area contributed by atoms with Crippen LogP contribution in [0.3, 0.4) is 0 Å². The highest BCUT2D eigenvalue weighted by molar-refractivity contribution is 7.84. The lowest BCUT2D eigenvalue weighted by molar-refractivity contribution is -0.290. The summed E-state index contributed by atoms with van der Waals surface area (Å²) in [5, 5.41) is 0. The Morgan fingerprint density at radius 1 is 1.30 bits per heavy atom. The molecule has 0 spiro atoms. The molecule has 0 amide bonds. The summed E-state index contributed by atoms with van der Waals surface area (Å²) in [6.45, 7) is 2.41. The van der Waals surface area contributed by atoms with Crippen molar-refractivity contribution in [1.82, 2.24) is 4.72 Å². The van der Waals surface area contributed by atoms with Crippen LogP contribution in [0.1, 0.15) is 13.8 Å². The van der Waals surface area contributed by atoms with Gasteiger partial charge in [-0.15, -0.1) is 0 Å². The Morgan fingerprint density at radius 2 is 2.00 bits per heavy atom. The summed E-state index contributed by atoms with van der Waals surface area (Å²) in [7, 11) is -6.99. The zero-order valence-corrected chi connectivity index (χ0v) is 14.2. The topological polar surface area (TPSA) is 136 Å². The molecule has 0 aliphatic carbocycles. The Labute approximate surface area is 133 Å². The summed E-state index contributed by atoms with van der Waals surface area (Å²) < 4.78 is 79.2. The summed E-state index contributed by atoms with van der Waals surface area (Å²) >= 11 is 0. The highest BCUT2D eigenvalue weighted by Gasteiger charge is 2.66. The molecule has 0 aromatic heterocycles. The maximum atomic E-state index is 11.5. The van der Waals surface area contributed by atoms with Gasteiger partial charge in [-0.1, -0.05) is 0 Å².